The van der Waals surface area contributed by atoms with Gasteiger partial charge in [0.25, 0.3) is 0 Å². The molecule has 0 saturated heterocycles. The normalized spacial score (nSPS) is 56.7. The number of rotatable bonds is 0. The molecule has 52 valence electrons. The van der Waals surface area contributed by atoms with E-state index in [9.17, 15) is 5.11 Å². The maximum atomic E-state index is 9.39. The van der Waals surface area contributed by atoms with Crippen LogP contribution in [-0.2, 0) is 0 Å². The highest BCUT2D eigenvalue weighted by Crippen LogP contribution is 2.47. The maximum Gasteiger partial charge on any atom is 0.0573 e. The van der Waals surface area contributed by atoms with Crippen molar-refractivity contribution in [1.29, 1.82) is 0 Å². The Morgan fingerprint density at radius 2 is 2.00 bits per heavy atom. The third-order valence-electron chi connectivity index (χ3n) is 3.11. The molecule has 2 aliphatic rings. The highest BCUT2D eigenvalue weighted by atomic mass is 16.3. The number of hydrogen-bond donors (Lipinski definition) is 1. The number of aliphatic hydroxyl groups is 1. The molecule has 0 heterocycles. The zero-order valence-corrected chi connectivity index (χ0v) is 5.88. The summed E-state index contributed by atoms with van der Waals surface area (Å²) in [5, 5.41) is 9.39. The molecule has 1 nitrogen and oxygen atoms in total. The molecule has 1 N–H and O–H groups in total. The summed E-state index contributed by atoms with van der Waals surface area (Å²) in [4.78, 5) is 0. The van der Waals surface area contributed by atoms with Crippen LogP contribution in [0.2, 0.25) is 0 Å². The van der Waals surface area contributed by atoms with Crippen LogP contribution in [0.25, 0.3) is 0 Å². The van der Waals surface area contributed by atoms with Gasteiger partial charge in [-0.3, -0.25) is 0 Å². The molecule has 2 saturated carbocycles. The second-order valence-corrected chi connectivity index (χ2v) is 3.78. The first-order chi connectivity index (χ1) is 4.27. The van der Waals surface area contributed by atoms with Crippen molar-refractivity contribution in [2.45, 2.75) is 32.3 Å². The van der Waals surface area contributed by atoms with Crippen LogP contribution in [0.4, 0.5) is 0 Å². The van der Waals surface area contributed by atoms with Gasteiger partial charge in [0, 0.05) is 0 Å². The molecule has 2 aliphatic carbocycles. The van der Waals surface area contributed by atoms with Gasteiger partial charge in [-0.05, 0) is 37.0 Å². The Balaban J connectivity index is 2.13. The highest BCUT2D eigenvalue weighted by molar-refractivity contribution is 4.93. The van der Waals surface area contributed by atoms with Gasteiger partial charge in [0.05, 0.1) is 6.10 Å². The Bertz CT molecular complexity index is 110. The van der Waals surface area contributed by atoms with Gasteiger partial charge in [0.1, 0.15) is 0 Å². The zero-order valence-electron chi connectivity index (χ0n) is 5.88. The van der Waals surface area contributed by atoms with E-state index in [0.29, 0.717) is 5.92 Å². The van der Waals surface area contributed by atoms with Crippen LogP contribution in [0.5, 0.6) is 0 Å². The van der Waals surface area contributed by atoms with Crippen molar-refractivity contribution in [3.8, 4) is 0 Å². The third kappa shape index (κ3) is 0.710. The minimum atomic E-state index is 0.0544. The summed E-state index contributed by atoms with van der Waals surface area (Å²) in [5.41, 5.74) is 0. The molecule has 0 amide bonds. The first-order valence-corrected chi connectivity index (χ1v) is 3.95. The van der Waals surface area contributed by atoms with E-state index in [-0.39, 0.29) is 6.10 Å². The van der Waals surface area contributed by atoms with Gasteiger partial charge in [0.15, 0.2) is 0 Å². The third-order valence-corrected chi connectivity index (χ3v) is 3.11. The van der Waals surface area contributed by atoms with E-state index in [2.05, 4.69) is 6.92 Å². The van der Waals surface area contributed by atoms with Gasteiger partial charge in [-0.1, -0.05) is 6.92 Å². The summed E-state index contributed by atoms with van der Waals surface area (Å²) in [6.07, 6.45) is 3.83. The van der Waals surface area contributed by atoms with Gasteiger partial charge in [-0.25, -0.2) is 0 Å². The molecule has 1 heteroatoms. The lowest BCUT2D eigenvalue weighted by atomic mass is 9.88. The van der Waals surface area contributed by atoms with E-state index in [1.54, 1.807) is 0 Å². The molecule has 0 aliphatic heterocycles. The van der Waals surface area contributed by atoms with E-state index in [1.165, 1.54) is 12.8 Å². The van der Waals surface area contributed by atoms with Gasteiger partial charge < -0.3 is 5.11 Å². The van der Waals surface area contributed by atoms with Crippen molar-refractivity contribution >= 4 is 0 Å². The largest absolute Gasteiger partial charge is 0.393 e. The predicted molar refractivity (Wildman–Crippen MR) is 36.0 cm³/mol. The van der Waals surface area contributed by atoms with Crippen LogP contribution < -0.4 is 0 Å². The molecule has 0 unspecified atom stereocenters. The van der Waals surface area contributed by atoms with E-state index in [1.807, 2.05) is 0 Å². The average Bonchev–Trinajstić information content (AvgIpc) is 2.22. The van der Waals surface area contributed by atoms with E-state index in [0.717, 1.165) is 18.3 Å². The monoisotopic (exact) mass is 126 g/mol. The van der Waals surface area contributed by atoms with E-state index in [4.69, 9.17) is 0 Å². The predicted octanol–water partition coefficient (Wildman–Crippen LogP) is 1.41. The zero-order chi connectivity index (χ0) is 6.43. The molecule has 2 rings (SSSR count). The van der Waals surface area contributed by atoms with Gasteiger partial charge in [-0.2, -0.15) is 0 Å². The second-order valence-electron chi connectivity index (χ2n) is 3.78. The molecular weight excluding hydrogens is 112 g/mol. The Kier molecular flexibility index (Phi) is 1.10. The van der Waals surface area contributed by atoms with Crippen LogP contribution in [0.15, 0.2) is 0 Å². The molecule has 0 spiro atoms. The minimum absolute atomic E-state index is 0.0544. The topological polar surface area (TPSA) is 20.2 Å². The minimum Gasteiger partial charge on any atom is -0.393 e. The fourth-order valence-electron chi connectivity index (χ4n) is 2.66. The SMILES string of the molecule is C[C@H]1C[C@H]2C[C@@H]1[C@@H](O)C2. The smallest absolute Gasteiger partial charge is 0.0573 e. The molecular formula is C8H14O. The van der Waals surface area contributed by atoms with Crippen molar-refractivity contribution < 1.29 is 5.11 Å². The molecule has 2 bridgehead atoms. The standard InChI is InChI=1S/C8H14O/c1-5-2-6-3-7(5)8(9)4-6/h5-9H,2-4H2,1H3/t5-,6-,7-,8-/m0/s1. The summed E-state index contributed by atoms with van der Waals surface area (Å²) in [5.74, 6) is 2.34. The van der Waals surface area contributed by atoms with Crippen molar-refractivity contribution in [3.63, 3.8) is 0 Å². The molecule has 0 aromatic rings. The van der Waals surface area contributed by atoms with Crippen LogP contribution in [0, 0.1) is 17.8 Å². The molecule has 9 heavy (non-hydrogen) atoms. The van der Waals surface area contributed by atoms with Gasteiger partial charge in [0.2, 0.25) is 0 Å². The molecule has 0 radical (unpaired) electrons. The summed E-state index contributed by atoms with van der Waals surface area (Å²) in [7, 11) is 0. The fraction of sp³-hybridized carbons (Fsp3) is 1.00. The Hall–Kier alpha value is -0.0400. The van der Waals surface area contributed by atoms with E-state index >= 15 is 0 Å². The van der Waals surface area contributed by atoms with Crippen molar-refractivity contribution in [2.24, 2.45) is 17.8 Å². The lowest BCUT2D eigenvalue weighted by Gasteiger charge is -2.21. The Morgan fingerprint density at radius 3 is 2.33 bits per heavy atom. The summed E-state index contributed by atoms with van der Waals surface area (Å²) < 4.78 is 0. The Labute approximate surface area is 56.1 Å². The Morgan fingerprint density at radius 1 is 1.22 bits per heavy atom. The second kappa shape index (κ2) is 1.72. The van der Waals surface area contributed by atoms with Crippen LogP contribution >= 0.6 is 0 Å². The first kappa shape index (κ1) is 5.72. The summed E-state index contributed by atoms with van der Waals surface area (Å²) in [6, 6.07) is 0. The van der Waals surface area contributed by atoms with Crippen LogP contribution in [0.3, 0.4) is 0 Å². The number of hydrogen-bond acceptors (Lipinski definition) is 1. The van der Waals surface area contributed by atoms with Crippen LogP contribution in [-0.4, -0.2) is 11.2 Å². The lowest BCUT2D eigenvalue weighted by molar-refractivity contribution is 0.0866. The highest BCUT2D eigenvalue weighted by Gasteiger charge is 2.42. The van der Waals surface area contributed by atoms with E-state index < -0.39 is 0 Å². The molecule has 2 fully saturated rings. The number of fused-ring (bicyclic) bond motifs is 2. The van der Waals surface area contributed by atoms with Gasteiger partial charge >= 0.3 is 0 Å². The molecule has 0 aromatic carbocycles. The quantitative estimate of drug-likeness (QED) is 0.520. The number of aliphatic hydroxyl groups excluding tert-OH is 1. The van der Waals surface area contributed by atoms with Gasteiger partial charge in [-0.15, -0.1) is 0 Å². The first-order valence-electron chi connectivity index (χ1n) is 3.95. The maximum absolute atomic E-state index is 9.39. The van der Waals surface area contributed by atoms with Crippen LogP contribution in [0.1, 0.15) is 26.2 Å². The van der Waals surface area contributed by atoms with Crippen molar-refractivity contribution in [3.05, 3.63) is 0 Å². The van der Waals surface area contributed by atoms with Crippen molar-refractivity contribution in [1.82, 2.24) is 0 Å². The summed E-state index contributed by atoms with van der Waals surface area (Å²) in [6.45, 7) is 2.27. The van der Waals surface area contributed by atoms with Crippen molar-refractivity contribution in [2.75, 3.05) is 0 Å². The lowest BCUT2D eigenvalue weighted by Crippen LogP contribution is -2.21. The molecule has 0 aromatic heterocycles. The fourth-order valence-corrected chi connectivity index (χ4v) is 2.66. The molecule has 4 atom stereocenters. The average molecular weight is 126 g/mol. The summed E-state index contributed by atoms with van der Waals surface area (Å²) >= 11 is 0.